The first-order valence-electron chi connectivity index (χ1n) is 10.9. The topological polar surface area (TPSA) is 103 Å². The number of primary amides is 1. The SMILES string of the molecule is C/C(COc1ccc(-c2cccc(C(N)=O)c2)nn1)=C(\C)c1ccc(C(F)F)cn1.C=NC.CC. The second kappa shape index (κ2) is 15.0. The van der Waals surface area contributed by atoms with E-state index in [0.29, 0.717) is 22.8 Å². The van der Waals surface area contributed by atoms with Crippen LogP contribution in [0.5, 0.6) is 5.88 Å². The summed E-state index contributed by atoms with van der Waals surface area (Å²) in [4.78, 5) is 18.7. The van der Waals surface area contributed by atoms with Crippen molar-refractivity contribution in [2.45, 2.75) is 34.1 Å². The number of benzene rings is 1. The molecule has 0 unspecified atom stereocenters. The fraction of sp³-hybridized carbons (Fsp3) is 0.269. The van der Waals surface area contributed by atoms with Crippen LogP contribution in [-0.2, 0) is 0 Å². The van der Waals surface area contributed by atoms with Gasteiger partial charge in [0.15, 0.2) is 0 Å². The zero-order chi connectivity index (χ0) is 26.4. The number of allylic oxidation sites excluding steroid dienone is 1. The first kappa shape index (κ1) is 29.0. The third kappa shape index (κ3) is 9.04. The number of ether oxygens (including phenoxy) is 1. The second-order valence-corrected chi connectivity index (χ2v) is 6.99. The van der Waals surface area contributed by atoms with E-state index in [1.54, 1.807) is 49.5 Å². The molecule has 7 nitrogen and oxygen atoms in total. The normalized spacial score (nSPS) is 10.7. The number of nitrogens with two attached hydrogens (primary N) is 1. The minimum Gasteiger partial charge on any atom is -0.472 e. The molecule has 0 fully saturated rings. The van der Waals surface area contributed by atoms with E-state index in [0.717, 1.165) is 16.7 Å². The molecule has 0 spiro atoms. The van der Waals surface area contributed by atoms with Crippen molar-refractivity contribution in [2.24, 2.45) is 10.7 Å². The number of nitrogens with zero attached hydrogens (tertiary/aromatic N) is 4. The first-order chi connectivity index (χ1) is 16.8. The lowest BCUT2D eigenvalue weighted by molar-refractivity contribution is 0.1000. The predicted molar refractivity (Wildman–Crippen MR) is 136 cm³/mol. The van der Waals surface area contributed by atoms with E-state index in [1.807, 2.05) is 27.7 Å². The summed E-state index contributed by atoms with van der Waals surface area (Å²) in [6, 6.07) is 13.1. The summed E-state index contributed by atoms with van der Waals surface area (Å²) >= 11 is 0. The number of pyridine rings is 1. The van der Waals surface area contributed by atoms with Gasteiger partial charge in [0.05, 0.1) is 11.4 Å². The Hall–Kier alpha value is -4.01. The Kier molecular flexibility index (Phi) is 12.4. The molecule has 35 heavy (non-hydrogen) atoms. The van der Waals surface area contributed by atoms with E-state index in [9.17, 15) is 13.6 Å². The van der Waals surface area contributed by atoms with Crippen LogP contribution in [0, 0.1) is 0 Å². The van der Waals surface area contributed by atoms with Gasteiger partial charge in [-0.15, -0.1) is 10.2 Å². The number of aromatic nitrogens is 3. The fourth-order valence-electron chi connectivity index (χ4n) is 2.65. The second-order valence-electron chi connectivity index (χ2n) is 6.99. The predicted octanol–water partition coefficient (Wildman–Crippen LogP) is 5.79. The zero-order valence-corrected chi connectivity index (χ0v) is 20.6. The maximum Gasteiger partial charge on any atom is 0.265 e. The Bertz CT molecular complexity index is 1120. The Morgan fingerprint density at radius 3 is 2.31 bits per heavy atom. The Morgan fingerprint density at radius 2 is 1.80 bits per heavy atom. The first-order valence-corrected chi connectivity index (χ1v) is 10.9. The molecule has 2 N–H and O–H groups in total. The Labute approximate surface area is 204 Å². The maximum absolute atomic E-state index is 12.7. The van der Waals surface area contributed by atoms with Gasteiger partial charge < -0.3 is 15.5 Å². The maximum atomic E-state index is 12.7. The average Bonchev–Trinajstić information content (AvgIpc) is 2.89. The van der Waals surface area contributed by atoms with E-state index in [2.05, 4.69) is 26.9 Å². The monoisotopic (exact) mass is 483 g/mol. The molecule has 0 bridgehead atoms. The average molecular weight is 484 g/mol. The van der Waals surface area contributed by atoms with Crippen molar-refractivity contribution in [1.82, 2.24) is 15.2 Å². The summed E-state index contributed by atoms with van der Waals surface area (Å²) in [6.45, 7) is 11.1. The summed E-state index contributed by atoms with van der Waals surface area (Å²) in [7, 11) is 1.64. The molecule has 0 aliphatic rings. The van der Waals surface area contributed by atoms with Crippen LogP contribution >= 0.6 is 0 Å². The number of amides is 1. The van der Waals surface area contributed by atoms with Crippen LogP contribution < -0.4 is 10.5 Å². The van der Waals surface area contributed by atoms with Gasteiger partial charge in [0.25, 0.3) is 6.43 Å². The molecule has 0 saturated heterocycles. The highest BCUT2D eigenvalue weighted by Crippen LogP contribution is 2.22. The van der Waals surface area contributed by atoms with E-state index in [4.69, 9.17) is 10.5 Å². The van der Waals surface area contributed by atoms with Gasteiger partial charge in [0.1, 0.15) is 6.61 Å². The molecule has 0 radical (unpaired) electrons. The molecule has 0 aliphatic heterocycles. The van der Waals surface area contributed by atoms with Crippen LogP contribution in [0.15, 0.2) is 65.3 Å². The van der Waals surface area contributed by atoms with E-state index in [1.165, 1.54) is 12.3 Å². The number of halogens is 2. The van der Waals surface area contributed by atoms with Gasteiger partial charge in [0.2, 0.25) is 11.8 Å². The Balaban J connectivity index is 0.00000114. The summed E-state index contributed by atoms with van der Waals surface area (Å²) < 4.78 is 31.0. The number of rotatable bonds is 7. The molecule has 1 aromatic carbocycles. The van der Waals surface area contributed by atoms with Crippen molar-refractivity contribution in [2.75, 3.05) is 13.7 Å². The van der Waals surface area contributed by atoms with E-state index < -0.39 is 12.3 Å². The van der Waals surface area contributed by atoms with E-state index in [-0.39, 0.29) is 12.2 Å². The summed E-state index contributed by atoms with van der Waals surface area (Å²) in [5, 5.41) is 8.18. The van der Waals surface area contributed by atoms with Crippen molar-refractivity contribution < 1.29 is 18.3 Å². The number of carbonyl (C=O) groups excluding carboxylic acids is 1. The van der Waals surface area contributed by atoms with Crippen LogP contribution in [0.1, 0.15) is 55.7 Å². The van der Waals surface area contributed by atoms with Crippen LogP contribution in [0.3, 0.4) is 0 Å². The molecule has 0 saturated carbocycles. The molecular weight excluding hydrogens is 452 g/mol. The van der Waals surface area contributed by atoms with Crippen LogP contribution in [-0.4, -0.2) is 41.5 Å². The van der Waals surface area contributed by atoms with Crippen LogP contribution in [0.4, 0.5) is 8.78 Å². The van der Waals surface area contributed by atoms with Gasteiger partial charge in [-0.25, -0.2) is 8.78 Å². The number of aliphatic imine (C=N–C) groups is 1. The fourth-order valence-corrected chi connectivity index (χ4v) is 2.65. The van der Waals surface area contributed by atoms with Gasteiger partial charge in [-0.05, 0) is 62.0 Å². The van der Waals surface area contributed by atoms with Gasteiger partial charge in [-0.2, -0.15) is 0 Å². The van der Waals surface area contributed by atoms with Crippen molar-refractivity contribution in [3.8, 4) is 17.1 Å². The van der Waals surface area contributed by atoms with Gasteiger partial charge in [-0.1, -0.05) is 26.0 Å². The third-order valence-corrected chi connectivity index (χ3v) is 4.58. The molecule has 1 amide bonds. The van der Waals surface area contributed by atoms with Crippen LogP contribution in [0.2, 0.25) is 0 Å². The highest BCUT2D eigenvalue weighted by atomic mass is 19.3. The molecular formula is C26H31F2N5O2. The molecule has 2 aromatic heterocycles. The number of alkyl halides is 2. The smallest absolute Gasteiger partial charge is 0.265 e. The van der Waals surface area contributed by atoms with Gasteiger partial charge >= 0.3 is 0 Å². The summed E-state index contributed by atoms with van der Waals surface area (Å²) in [6.07, 6.45) is -1.37. The molecule has 3 rings (SSSR count). The minimum atomic E-state index is -2.54. The van der Waals surface area contributed by atoms with E-state index >= 15 is 0 Å². The van der Waals surface area contributed by atoms with Crippen molar-refractivity contribution in [1.29, 1.82) is 0 Å². The number of hydrogen-bond acceptors (Lipinski definition) is 6. The number of hydrogen-bond donors (Lipinski definition) is 1. The van der Waals surface area contributed by atoms with Crippen molar-refractivity contribution in [3.63, 3.8) is 0 Å². The Morgan fingerprint density at radius 1 is 1.11 bits per heavy atom. The lowest BCUT2D eigenvalue weighted by atomic mass is 10.1. The number of carbonyl (C=O) groups is 1. The summed E-state index contributed by atoms with van der Waals surface area (Å²) in [5.74, 6) is -0.182. The van der Waals surface area contributed by atoms with Crippen LogP contribution in [0.25, 0.3) is 16.8 Å². The molecule has 9 heteroatoms. The third-order valence-electron chi connectivity index (χ3n) is 4.58. The van der Waals surface area contributed by atoms with Gasteiger partial charge in [-0.3, -0.25) is 9.78 Å². The molecule has 2 heterocycles. The molecule has 0 aliphatic carbocycles. The van der Waals surface area contributed by atoms with Gasteiger partial charge in [0, 0.05) is 36.0 Å². The molecule has 3 aromatic rings. The standard InChI is InChI=1S/C22H20F2N4O2.C2H5N.C2H6/c1-13(14(2)18-7-6-17(11-26-18)21(23)24)12-30-20-9-8-19(27-28-20)15-4-3-5-16(10-15)22(25)29;1-3-2;1-2/h3-11,21H,12H2,1-2H3,(H2,25,29);1H2,2H3;1-2H3/b14-13-;;. The largest absolute Gasteiger partial charge is 0.472 e. The highest BCUT2D eigenvalue weighted by molar-refractivity contribution is 5.93. The van der Waals surface area contributed by atoms with Crippen molar-refractivity contribution in [3.05, 3.63) is 77.1 Å². The molecule has 186 valence electrons. The highest BCUT2D eigenvalue weighted by Gasteiger charge is 2.10. The lowest BCUT2D eigenvalue weighted by Crippen LogP contribution is -2.10. The summed E-state index contributed by atoms with van der Waals surface area (Å²) in [5.41, 5.74) is 9.20. The molecule has 0 atom stereocenters. The zero-order valence-electron chi connectivity index (χ0n) is 20.6. The quantitative estimate of drug-likeness (QED) is 0.428. The minimum absolute atomic E-state index is 0.114. The lowest BCUT2D eigenvalue weighted by Gasteiger charge is -2.10. The van der Waals surface area contributed by atoms with Crippen molar-refractivity contribution >= 4 is 18.2 Å².